The Labute approximate surface area is 123 Å². The number of hydrogen-bond donors (Lipinski definition) is 2. The molecule has 0 bridgehead atoms. The molecule has 0 amide bonds. The van der Waals surface area contributed by atoms with E-state index in [1.165, 1.54) is 5.56 Å². The first-order valence-electron chi connectivity index (χ1n) is 6.33. The first-order chi connectivity index (χ1) is 8.99. The fourth-order valence-electron chi connectivity index (χ4n) is 2.00. The summed E-state index contributed by atoms with van der Waals surface area (Å²) < 4.78 is 0.998. The molecule has 2 rings (SSSR count). The SMILES string of the molecule is CC(C)(CNc1ccc(Br)cc1N)c1ccccc1. The van der Waals surface area contributed by atoms with Crippen LogP contribution in [0.15, 0.2) is 53.0 Å². The maximum atomic E-state index is 6.00. The van der Waals surface area contributed by atoms with Crippen molar-refractivity contribution in [1.29, 1.82) is 0 Å². The second kappa shape index (κ2) is 5.66. The molecule has 0 aromatic heterocycles. The molecule has 0 atom stereocenters. The van der Waals surface area contributed by atoms with E-state index < -0.39 is 0 Å². The molecule has 0 fully saturated rings. The summed E-state index contributed by atoms with van der Waals surface area (Å²) in [5.41, 5.74) is 9.11. The molecule has 2 nitrogen and oxygen atoms in total. The Morgan fingerprint density at radius 3 is 2.42 bits per heavy atom. The molecule has 0 aliphatic heterocycles. The molecular formula is C16H19BrN2. The van der Waals surface area contributed by atoms with E-state index in [0.29, 0.717) is 0 Å². The average molecular weight is 319 g/mol. The molecule has 2 aromatic carbocycles. The van der Waals surface area contributed by atoms with E-state index in [2.05, 4.69) is 59.4 Å². The highest BCUT2D eigenvalue weighted by Crippen LogP contribution is 2.27. The van der Waals surface area contributed by atoms with Crippen molar-refractivity contribution in [3.63, 3.8) is 0 Å². The fourth-order valence-corrected chi connectivity index (χ4v) is 2.38. The second-order valence-electron chi connectivity index (χ2n) is 5.34. The van der Waals surface area contributed by atoms with Gasteiger partial charge < -0.3 is 11.1 Å². The van der Waals surface area contributed by atoms with Gasteiger partial charge in [-0.25, -0.2) is 0 Å². The molecule has 0 aliphatic carbocycles. The van der Waals surface area contributed by atoms with Gasteiger partial charge in [0.05, 0.1) is 11.4 Å². The molecular weight excluding hydrogens is 300 g/mol. The highest BCUT2D eigenvalue weighted by atomic mass is 79.9. The Morgan fingerprint density at radius 1 is 1.11 bits per heavy atom. The van der Waals surface area contributed by atoms with Crippen LogP contribution < -0.4 is 11.1 Å². The predicted octanol–water partition coefficient (Wildman–Crippen LogP) is 4.42. The van der Waals surface area contributed by atoms with Crippen molar-refractivity contribution in [2.24, 2.45) is 0 Å². The summed E-state index contributed by atoms with van der Waals surface area (Å²) in [5, 5.41) is 3.43. The Morgan fingerprint density at radius 2 is 1.79 bits per heavy atom. The number of hydrogen-bond acceptors (Lipinski definition) is 2. The van der Waals surface area contributed by atoms with Gasteiger partial charge >= 0.3 is 0 Å². The van der Waals surface area contributed by atoms with Gasteiger partial charge in [-0.15, -0.1) is 0 Å². The summed E-state index contributed by atoms with van der Waals surface area (Å²) in [7, 11) is 0. The maximum Gasteiger partial charge on any atom is 0.0575 e. The third kappa shape index (κ3) is 3.51. The maximum absolute atomic E-state index is 6.00. The lowest BCUT2D eigenvalue weighted by atomic mass is 9.84. The Hall–Kier alpha value is -1.48. The monoisotopic (exact) mass is 318 g/mol. The standard InChI is InChI=1S/C16H19BrN2/c1-16(2,12-6-4-3-5-7-12)11-19-15-9-8-13(17)10-14(15)18/h3-10,19H,11,18H2,1-2H3. The van der Waals surface area contributed by atoms with E-state index >= 15 is 0 Å². The van der Waals surface area contributed by atoms with Crippen molar-refractivity contribution >= 4 is 27.3 Å². The predicted molar refractivity (Wildman–Crippen MR) is 86.5 cm³/mol. The number of anilines is 2. The molecule has 0 heterocycles. The van der Waals surface area contributed by atoms with Gasteiger partial charge in [-0.1, -0.05) is 60.1 Å². The van der Waals surface area contributed by atoms with Gasteiger partial charge in [0.25, 0.3) is 0 Å². The molecule has 0 radical (unpaired) electrons. The fraction of sp³-hybridized carbons (Fsp3) is 0.250. The summed E-state index contributed by atoms with van der Waals surface area (Å²) in [6.45, 7) is 5.29. The zero-order chi connectivity index (χ0) is 13.9. The molecule has 0 aliphatic rings. The molecule has 3 heteroatoms. The van der Waals surface area contributed by atoms with E-state index in [0.717, 1.165) is 22.4 Å². The average Bonchev–Trinajstić information content (AvgIpc) is 2.39. The zero-order valence-electron chi connectivity index (χ0n) is 11.3. The molecule has 3 N–H and O–H groups in total. The van der Waals surface area contributed by atoms with E-state index in [9.17, 15) is 0 Å². The van der Waals surface area contributed by atoms with Gasteiger partial charge in [0.1, 0.15) is 0 Å². The molecule has 0 saturated heterocycles. The third-order valence-electron chi connectivity index (χ3n) is 3.29. The molecule has 0 saturated carbocycles. The van der Waals surface area contributed by atoms with Gasteiger partial charge in [0.2, 0.25) is 0 Å². The lowest BCUT2D eigenvalue weighted by Crippen LogP contribution is -2.27. The van der Waals surface area contributed by atoms with E-state index in [4.69, 9.17) is 5.73 Å². The third-order valence-corrected chi connectivity index (χ3v) is 3.78. The molecule has 19 heavy (non-hydrogen) atoms. The highest BCUT2D eigenvalue weighted by Gasteiger charge is 2.20. The normalized spacial score (nSPS) is 11.3. The smallest absolute Gasteiger partial charge is 0.0575 e. The molecule has 100 valence electrons. The van der Waals surface area contributed by atoms with Crippen LogP contribution in [0.2, 0.25) is 0 Å². The minimum atomic E-state index is 0.0563. The van der Waals surface area contributed by atoms with E-state index in [1.807, 2.05) is 24.3 Å². The first kappa shape index (κ1) is 13.9. The topological polar surface area (TPSA) is 38.0 Å². The zero-order valence-corrected chi connectivity index (χ0v) is 12.9. The highest BCUT2D eigenvalue weighted by molar-refractivity contribution is 9.10. The van der Waals surface area contributed by atoms with Gasteiger partial charge in [0, 0.05) is 16.4 Å². The van der Waals surface area contributed by atoms with Crippen LogP contribution in [0.4, 0.5) is 11.4 Å². The van der Waals surface area contributed by atoms with Crippen LogP contribution in [0.25, 0.3) is 0 Å². The molecule has 0 spiro atoms. The van der Waals surface area contributed by atoms with Crippen molar-refractivity contribution < 1.29 is 0 Å². The summed E-state index contributed by atoms with van der Waals surface area (Å²) in [6, 6.07) is 16.4. The van der Waals surface area contributed by atoms with Crippen LogP contribution in [0.3, 0.4) is 0 Å². The van der Waals surface area contributed by atoms with Crippen LogP contribution in [-0.4, -0.2) is 6.54 Å². The lowest BCUT2D eigenvalue weighted by Gasteiger charge is -2.26. The van der Waals surface area contributed by atoms with Crippen LogP contribution >= 0.6 is 15.9 Å². The Bertz CT molecular complexity index is 550. The van der Waals surface area contributed by atoms with Crippen LogP contribution in [-0.2, 0) is 5.41 Å². The van der Waals surface area contributed by atoms with Crippen LogP contribution in [0.5, 0.6) is 0 Å². The number of nitrogens with one attached hydrogen (secondary N) is 1. The van der Waals surface area contributed by atoms with Crippen molar-refractivity contribution in [1.82, 2.24) is 0 Å². The van der Waals surface area contributed by atoms with Gasteiger partial charge in [-0.05, 0) is 23.8 Å². The number of halogens is 1. The Balaban J connectivity index is 2.09. The number of nitrogens with two attached hydrogens (primary N) is 1. The Kier molecular flexibility index (Phi) is 4.15. The van der Waals surface area contributed by atoms with E-state index in [1.54, 1.807) is 0 Å². The minimum Gasteiger partial charge on any atom is -0.397 e. The molecule has 0 unspecified atom stereocenters. The summed E-state index contributed by atoms with van der Waals surface area (Å²) in [4.78, 5) is 0. The second-order valence-corrected chi connectivity index (χ2v) is 6.25. The summed E-state index contributed by atoms with van der Waals surface area (Å²) in [6.07, 6.45) is 0. The molecule has 2 aromatic rings. The lowest BCUT2D eigenvalue weighted by molar-refractivity contribution is 0.557. The number of benzene rings is 2. The van der Waals surface area contributed by atoms with Crippen molar-refractivity contribution in [2.75, 3.05) is 17.6 Å². The van der Waals surface area contributed by atoms with Crippen molar-refractivity contribution in [3.05, 3.63) is 58.6 Å². The van der Waals surface area contributed by atoms with Gasteiger partial charge in [-0.3, -0.25) is 0 Å². The van der Waals surface area contributed by atoms with Gasteiger partial charge in [-0.2, -0.15) is 0 Å². The van der Waals surface area contributed by atoms with Crippen molar-refractivity contribution in [3.8, 4) is 0 Å². The largest absolute Gasteiger partial charge is 0.397 e. The minimum absolute atomic E-state index is 0.0563. The number of nitrogen functional groups attached to an aromatic ring is 1. The van der Waals surface area contributed by atoms with Gasteiger partial charge in [0.15, 0.2) is 0 Å². The van der Waals surface area contributed by atoms with Crippen molar-refractivity contribution in [2.45, 2.75) is 19.3 Å². The van der Waals surface area contributed by atoms with Crippen LogP contribution in [0.1, 0.15) is 19.4 Å². The number of rotatable bonds is 4. The summed E-state index contributed by atoms with van der Waals surface area (Å²) in [5.74, 6) is 0. The van der Waals surface area contributed by atoms with Crippen LogP contribution in [0, 0.1) is 0 Å². The quantitative estimate of drug-likeness (QED) is 0.819. The first-order valence-corrected chi connectivity index (χ1v) is 7.13. The van der Waals surface area contributed by atoms with E-state index in [-0.39, 0.29) is 5.41 Å². The summed E-state index contributed by atoms with van der Waals surface area (Å²) >= 11 is 3.42.